The fourth-order valence-corrected chi connectivity index (χ4v) is 4.04. The summed E-state index contributed by atoms with van der Waals surface area (Å²) in [7, 11) is 0. The summed E-state index contributed by atoms with van der Waals surface area (Å²) < 4.78 is 31.9. The molecule has 4 nitrogen and oxygen atoms in total. The molecule has 0 bridgehead atoms. The topological polar surface area (TPSA) is 50.7 Å². The summed E-state index contributed by atoms with van der Waals surface area (Å²) in [6.45, 7) is 0.272. The van der Waals surface area contributed by atoms with Gasteiger partial charge >= 0.3 is 0 Å². The van der Waals surface area contributed by atoms with Gasteiger partial charge in [-0.15, -0.1) is 0 Å². The molecule has 0 saturated carbocycles. The number of halogens is 2. The third-order valence-electron chi connectivity index (χ3n) is 4.74. The largest absolute Gasteiger partial charge is 0.489 e. The summed E-state index contributed by atoms with van der Waals surface area (Å²) in [5.74, 6) is 0.495. The lowest BCUT2D eigenvalue weighted by atomic mass is 10.1. The average molecular weight is 451 g/mol. The minimum Gasteiger partial charge on any atom is -0.489 e. The second-order valence-electron chi connectivity index (χ2n) is 7.12. The molecule has 0 saturated heterocycles. The van der Waals surface area contributed by atoms with Gasteiger partial charge in [-0.3, -0.25) is 9.79 Å². The summed E-state index contributed by atoms with van der Waals surface area (Å²) in [4.78, 5) is 16.7. The zero-order valence-electron chi connectivity index (χ0n) is 17.0. The second-order valence-corrected chi connectivity index (χ2v) is 8.13. The number of nitrogens with zero attached hydrogens (tertiary/aromatic N) is 1. The van der Waals surface area contributed by atoms with E-state index in [-0.39, 0.29) is 30.2 Å². The Morgan fingerprint density at radius 1 is 1.06 bits per heavy atom. The molecule has 0 aliphatic carbocycles. The fraction of sp³-hybridized carbons (Fsp3) is 0.120. The molecule has 0 aromatic heterocycles. The molecular weight excluding hydrogens is 430 g/mol. The summed E-state index contributed by atoms with van der Waals surface area (Å²) >= 11 is 1.46. The van der Waals surface area contributed by atoms with E-state index in [1.807, 2.05) is 12.1 Å². The number of hydrogen-bond donors (Lipinski definition) is 1. The highest BCUT2D eigenvalue weighted by atomic mass is 32.2. The molecule has 162 valence electrons. The van der Waals surface area contributed by atoms with E-state index in [0.717, 1.165) is 16.7 Å². The molecule has 32 heavy (non-hydrogen) atoms. The molecule has 1 N–H and O–H groups in total. The van der Waals surface area contributed by atoms with Crippen molar-refractivity contribution in [3.63, 3.8) is 0 Å². The third kappa shape index (κ3) is 6.04. The second kappa shape index (κ2) is 10.2. The number of ether oxygens (including phenoxy) is 1. The minimum absolute atomic E-state index is 0.0974. The highest BCUT2D eigenvalue weighted by Crippen LogP contribution is 2.29. The van der Waals surface area contributed by atoms with Crippen molar-refractivity contribution >= 4 is 28.9 Å². The van der Waals surface area contributed by atoms with E-state index in [9.17, 15) is 13.6 Å². The first kappa shape index (κ1) is 21.8. The summed E-state index contributed by atoms with van der Waals surface area (Å²) in [6.07, 6.45) is 3.14. The third-order valence-corrected chi connectivity index (χ3v) is 5.70. The number of amides is 1. The highest BCUT2D eigenvalue weighted by Gasteiger charge is 2.20. The summed E-state index contributed by atoms with van der Waals surface area (Å²) in [6, 6.07) is 19.7. The lowest BCUT2D eigenvalue weighted by Gasteiger charge is -2.06. The maximum absolute atomic E-state index is 13.2. The van der Waals surface area contributed by atoms with Crippen molar-refractivity contribution < 1.29 is 18.3 Å². The normalized spacial score (nSPS) is 15.6. The van der Waals surface area contributed by atoms with Crippen LogP contribution in [-0.2, 0) is 11.4 Å². The Kier molecular flexibility index (Phi) is 6.97. The fourth-order valence-electron chi connectivity index (χ4n) is 3.09. The molecule has 1 amide bonds. The number of rotatable bonds is 6. The van der Waals surface area contributed by atoms with Gasteiger partial charge in [-0.25, -0.2) is 8.78 Å². The van der Waals surface area contributed by atoms with Crippen LogP contribution in [0.5, 0.6) is 5.75 Å². The Balaban J connectivity index is 1.28. The molecule has 1 atom stereocenters. The first-order valence-corrected chi connectivity index (χ1v) is 11.0. The molecule has 1 aliphatic heterocycles. The van der Waals surface area contributed by atoms with Crippen molar-refractivity contribution in [2.75, 3.05) is 5.75 Å². The van der Waals surface area contributed by atoms with Gasteiger partial charge in [0.05, 0.1) is 6.04 Å². The predicted molar refractivity (Wildman–Crippen MR) is 123 cm³/mol. The van der Waals surface area contributed by atoms with Gasteiger partial charge in [0.2, 0.25) is 5.91 Å². The summed E-state index contributed by atoms with van der Waals surface area (Å²) in [5, 5.41) is 3.32. The molecule has 1 heterocycles. The molecule has 1 aliphatic rings. The van der Waals surface area contributed by atoms with Crippen molar-refractivity contribution in [3.05, 3.63) is 107 Å². The maximum Gasteiger partial charge on any atom is 0.249 e. The number of nitrogens with one attached hydrogen (secondary N) is 1. The number of carbonyl (C=O) groups is 1. The van der Waals surface area contributed by atoms with Crippen molar-refractivity contribution in [2.24, 2.45) is 4.99 Å². The Hall–Kier alpha value is -3.45. The predicted octanol–water partition coefficient (Wildman–Crippen LogP) is 5.52. The van der Waals surface area contributed by atoms with Gasteiger partial charge in [0.15, 0.2) is 5.17 Å². The van der Waals surface area contributed by atoms with Crippen molar-refractivity contribution in [3.8, 4) is 5.75 Å². The van der Waals surface area contributed by atoms with Crippen LogP contribution in [0, 0.1) is 11.6 Å². The molecule has 0 radical (unpaired) electrons. The molecule has 0 spiro atoms. The van der Waals surface area contributed by atoms with E-state index >= 15 is 0 Å². The molecule has 3 aromatic rings. The molecular formula is C25H20F2N2O2S. The lowest BCUT2D eigenvalue weighted by Crippen LogP contribution is -2.25. The van der Waals surface area contributed by atoms with Gasteiger partial charge in [-0.1, -0.05) is 48.2 Å². The number of carbonyl (C=O) groups excluding carboxylic acids is 1. The SMILES string of the molecule is O=C(/C=C/c1ccc(OCc2cccc(F)c2)cc1)NC1=NC(c2ccc(F)cc2)CS1. The number of hydrogen-bond acceptors (Lipinski definition) is 4. The van der Waals surface area contributed by atoms with Crippen LogP contribution >= 0.6 is 11.8 Å². The first-order valence-electron chi connectivity index (χ1n) is 9.97. The van der Waals surface area contributed by atoms with Crippen molar-refractivity contribution in [1.82, 2.24) is 5.32 Å². The number of thioether (sulfide) groups is 1. The van der Waals surface area contributed by atoms with E-state index < -0.39 is 0 Å². The first-order chi connectivity index (χ1) is 15.5. The van der Waals surface area contributed by atoms with Crippen LogP contribution in [0.2, 0.25) is 0 Å². The molecule has 0 fully saturated rings. The average Bonchev–Trinajstić information content (AvgIpc) is 3.26. The number of benzene rings is 3. The van der Waals surface area contributed by atoms with E-state index in [4.69, 9.17) is 4.74 Å². The van der Waals surface area contributed by atoms with E-state index in [2.05, 4.69) is 10.3 Å². The van der Waals surface area contributed by atoms with Crippen LogP contribution in [0.15, 0.2) is 83.9 Å². The van der Waals surface area contributed by atoms with Gasteiger partial charge in [0, 0.05) is 11.8 Å². The van der Waals surface area contributed by atoms with Crippen molar-refractivity contribution in [2.45, 2.75) is 12.6 Å². The quantitative estimate of drug-likeness (QED) is 0.504. The van der Waals surface area contributed by atoms with Gasteiger partial charge in [-0.2, -0.15) is 0 Å². The Labute approximate surface area is 189 Å². The van der Waals surface area contributed by atoms with Crippen LogP contribution in [0.4, 0.5) is 8.78 Å². The standard InChI is InChI=1S/C25H20F2N2O2S/c26-20-9-7-19(8-10-20)23-16-32-25(28-23)29-24(30)13-6-17-4-11-22(12-5-17)31-15-18-2-1-3-21(27)14-18/h1-14,23H,15-16H2,(H,28,29,30)/b13-6+. The zero-order chi connectivity index (χ0) is 22.3. The molecule has 7 heteroatoms. The number of amidine groups is 1. The van der Waals surface area contributed by atoms with E-state index in [0.29, 0.717) is 16.7 Å². The lowest BCUT2D eigenvalue weighted by molar-refractivity contribution is -0.115. The highest BCUT2D eigenvalue weighted by molar-refractivity contribution is 8.14. The van der Waals surface area contributed by atoms with E-state index in [1.54, 1.807) is 42.5 Å². The van der Waals surface area contributed by atoms with Gasteiger partial charge in [0.1, 0.15) is 24.0 Å². The van der Waals surface area contributed by atoms with Crippen LogP contribution < -0.4 is 10.1 Å². The minimum atomic E-state index is -0.294. The molecule has 3 aromatic carbocycles. The molecule has 4 rings (SSSR count). The number of aliphatic imine (C=N–C) groups is 1. The van der Waals surface area contributed by atoms with Crippen LogP contribution in [0.1, 0.15) is 22.7 Å². The Morgan fingerprint density at radius 3 is 2.59 bits per heavy atom. The Bertz CT molecular complexity index is 1150. The smallest absolute Gasteiger partial charge is 0.249 e. The van der Waals surface area contributed by atoms with Crippen LogP contribution in [0.3, 0.4) is 0 Å². The van der Waals surface area contributed by atoms with Gasteiger partial charge in [0.25, 0.3) is 0 Å². The zero-order valence-corrected chi connectivity index (χ0v) is 17.8. The van der Waals surface area contributed by atoms with Crippen LogP contribution in [0.25, 0.3) is 6.08 Å². The maximum atomic E-state index is 13.2. The van der Waals surface area contributed by atoms with Crippen molar-refractivity contribution in [1.29, 1.82) is 0 Å². The van der Waals surface area contributed by atoms with Gasteiger partial charge < -0.3 is 10.1 Å². The monoisotopic (exact) mass is 450 g/mol. The Morgan fingerprint density at radius 2 is 1.84 bits per heavy atom. The summed E-state index contributed by atoms with van der Waals surface area (Å²) in [5.41, 5.74) is 2.50. The van der Waals surface area contributed by atoms with Gasteiger partial charge in [-0.05, 0) is 59.2 Å². The van der Waals surface area contributed by atoms with Crippen LogP contribution in [-0.4, -0.2) is 16.8 Å². The molecule has 1 unspecified atom stereocenters. The van der Waals surface area contributed by atoms with E-state index in [1.165, 1.54) is 42.1 Å².